The molecule has 0 unspecified atom stereocenters. The molecule has 2 rings (SSSR count). The number of aryl methyl sites for hydroxylation is 1. The molecular formula is C17H26O2S. The third kappa shape index (κ3) is 3.70. The zero-order valence-corrected chi connectivity index (χ0v) is 13.7. The van der Waals surface area contributed by atoms with Gasteiger partial charge in [0.25, 0.3) is 0 Å². The van der Waals surface area contributed by atoms with Crippen LogP contribution in [-0.4, -0.2) is 18.0 Å². The molecule has 0 atom stereocenters. The highest BCUT2D eigenvalue weighted by Gasteiger charge is 2.43. The van der Waals surface area contributed by atoms with Crippen LogP contribution in [0.25, 0.3) is 0 Å². The van der Waals surface area contributed by atoms with Gasteiger partial charge in [-0.3, -0.25) is 4.79 Å². The summed E-state index contributed by atoms with van der Waals surface area (Å²) < 4.78 is 5.95. The number of carbonyl (C=O) groups excluding carboxylic acids is 1. The van der Waals surface area contributed by atoms with Gasteiger partial charge in [0.05, 0.1) is 0 Å². The second-order valence-corrected chi connectivity index (χ2v) is 7.63. The summed E-state index contributed by atoms with van der Waals surface area (Å²) in [5.41, 5.74) is -0.143. The molecule has 1 aliphatic carbocycles. The molecule has 1 fully saturated rings. The molecule has 1 heterocycles. The SMILES string of the molecule is CCOC1(C(=O)CCc2cccs2)CCC(C)(C)CC1. The molecule has 20 heavy (non-hydrogen) atoms. The minimum Gasteiger partial charge on any atom is -0.368 e. The lowest BCUT2D eigenvalue weighted by Crippen LogP contribution is -2.46. The number of carbonyl (C=O) groups is 1. The quantitative estimate of drug-likeness (QED) is 0.765. The molecular weight excluding hydrogens is 268 g/mol. The van der Waals surface area contributed by atoms with Crippen molar-refractivity contribution in [3.8, 4) is 0 Å². The van der Waals surface area contributed by atoms with Gasteiger partial charge in [0.15, 0.2) is 5.78 Å². The molecule has 1 saturated carbocycles. The van der Waals surface area contributed by atoms with E-state index in [1.54, 1.807) is 11.3 Å². The zero-order valence-electron chi connectivity index (χ0n) is 12.9. The summed E-state index contributed by atoms with van der Waals surface area (Å²) in [6.07, 6.45) is 5.40. The lowest BCUT2D eigenvalue weighted by molar-refractivity contribution is -0.152. The van der Waals surface area contributed by atoms with Gasteiger partial charge in [0.2, 0.25) is 0 Å². The number of ketones is 1. The van der Waals surface area contributed by atoms with Gasteiger partial charge >= 0.3 is 0 Å². The Morgan fingerprint density at radius 2 is 2.00 bits per heavy atom. The Morgan fingerprint density at radius 1 is 1.30 bits per heavy atom. The Bertz CT molecular complexity index is 424. The molecule has 3 heteroatoms. The molecule has 0 saturated heterocycles. The summed E-state index contributed by atoms with van der Waals surface area (Å²) in [4.78, 5) is 14.0. The average molecular weight is 294 g/mol. The highest BCUT2D eigenvalue weighted by Crippen LogP contribution is 2.43. The van der Waals surface area contributed by atoms with E-state index in [2.05, 4.69) is 25.3 Å². The first kappa shape index (κ1) is 15.7. The van der Waals surface area contributed by atoms with Crippen molar-refractivity contribution < 1.29 is 9.53 Å². The van der Waals surface area contributed by atoms with E-state index >= 15 is 0 Å². The standard InChI is InChI=1S/C17H26O2S/c1-4-19-17(11-9-16(2,3)10-12-17)15(18)8-7-14-6-5-13-20-14/h5-6,13H,4,7-12H2,1-3H3. The van der Waals surface area contributed by atoms with Crippen LogP contribution in [0.1, 0.15) is 57.8 Å². The fraction of sp³-hybridized carbons (Fsp3) is 0.706. The molecule has 1 aliphatic rings. The van der Waals surface area contributed by atoms with E-state index in [9.17, 15) is 4.79 Å². The third-order valence-corrected chi connectivity index (χ3v) is 5.45. The topological polar surface area (TPSA) is 26.3 Å². The van der Waals surface area contributed by atoms with Crippen molar-refractivity contribution in [2.45, 2.75) is 64.9 Å². The minimum absolute atomic E-state index is 0.309. The highest BCUT2D eigenvalue weighted by atomic mass is 32.1. The molecule has 2 nitrogen and oxygen atoms in total. The summed E-state index contributed by atoms with van der Waals surface area (Å²) in [6.45, 7) is 7.21. The summed E-state index contributed by atoms with van der Waals surface area (Å²) in [5.74, 6) is 0.309. The fourth-order valence-corrected chi connectivity index (χ4v) is 3.74. The Labute approximate surface area is 126 Å². The van der Waals surface area contributed by atoms with Crippen LogP contribution in [0, 0.1) is 5.41 Å². The maximum atomic E-state index is 12.7. The second kappa shape index (κ2) is 6.40. The molecule has 112 valence electrons. The van der Waals surface area contributed by atoms with E-state index < -0.39 is 5.60 Å². The molecule has 0 bridgehead atoms. The van der Waals surface area contributed by atoms with Crippen molar-refractivity contribution in [3.63, 3.8) is 0 Å². The van der Waals surface area contributed by atoms with Crippen LogP contribution in [-0.2, 0) is 16.0 Å². The smallest absolute Gasteiger partial charge is 0.164 e. The van der Waals surface area contributed by atoms with E-state index in [0.717, 1.165) is 32.1 Å². The monoisotopic (exact) mass is 294 g/mol. The first-order valence-corrected chi connectivity index (χ1v) is 8.55. The largest absolute Gasteiger partial charge is 0.368 e. The predicted octanol–water partition coefficient (Wildman–Crippen LogP) is 4.63. The Balaban J connectivity index is 1.98. The van der Waals surface area contributed by atoms with Crippen LogP contribution < -0.4 is 0 Å². The minimum atomic E-state index is -0.498. The van der Waals surface area contributed by atoms with Gasteiger partial charge in [-0.2, -0.15) is 0 Å². The summed E-state index contributed by atoms with van der Waals surface area (Å²) in [7, 11) is 0. The van der Waals surface area contributed by atoms with Crippen LogP contribution in [0.4, 0.5) is 0 Å². The number of hydrogen-bond donors (Lipinski definition) is 0. The number of ether oxygens (including phenoxy) is 1. The Morgan fingerprint density at radius 3 is 2.55 bits per heavy atom. The molecule has 0 spiro atoms. The van der Waals surface area contributed by atoms with Crippen molar-refractivity contribution in [1.82, 2.24) is 0 Å². The molecule has 1 aromatic heterocycles. The van der Waals surface area contributed by atoms with E-state index in [4.69, 9.17) is 4.74 Å². The Hall–Kier alpha value is -0.670. The molecule has 0 aromatic carbocycles. The van der Waals surface area contributed by atoms with Crippen molar-refractivity contribution in [2.24, 2.45) is 5.41 Å². The summed E-state index contributed by atoms with van der Waals surface area (Å²) in [5, 5.41) is 2.07. The van der Waals surface area contributed by atoms with Gasteiger partial charge in [0.1, 0.15) is 5.60 Å². The fourth-order valence-electron chi connectivity index (χ4n) is 3.03. The Kier molecular flexibility index (Phi) is 5.03. The normalized spacial score (nSPS) is 20.8. The summed E-state index contributed by atoms with van der Waals surface area (Å²) >= 11 is 1.73. The van der Waals surface area contributed by atoms with Crippen LogP contribution in [0.5, 0.6) is 0 Å². The molecule has 0 amide bonds. The number of rotatable bonds is 6. The van der Waals surface area contributed by atoms with Gasteiger partial charge in [-0.05, 0) is 55.9 Å². The van der Waals surface area contributed by atoms with E-state index in [0.29, 0.717) is 24.2 Å². The van der Waals surface area contributed by atoms with Gasteiger partial charge in [-0.15, -0.1) is 11.3 Å². The lowest BCUT2D eigenvalue weighted by atomic mass is 9.69. The van der Waals surface area contributed by atoms with E-state index in [1.165, 1.54) is 4.88 Å². The predicted molar refractivity (Wildman–Crippen MR) is 84.3 cm³/mol. The number of hydrogen-bond acceptors (Lipinski definition) is 3. The molecule has 0 N–H and O–H groups in total. The summed E-state index contributed by atoms with van der Waals surface area (Å²) in [6, 6.07) is 4.15. The van der Waals surface area contributed by atoms with Crippen LogP contribution in [0.15, 0.2) is 17.5 Å². The number of Topliss-reactive ketones (excluding diaryl/α,β-unsaturated/α-hetero) is 1. The lowest BCUT2D eigenvalue weighted by Gasteiger charge is -2.42. The molecule has 0 radical (unpaired) electrons. The maximum Gasteiger partial charge on any atom is 0.164 e. The van der Waals surface area contributed by atoms with E-state index in [1.807, 2.05) is 13.0 Å². The van der Waals surface area contributed by atoms with Crippen LogP contribution >= 0.6 is 11.3 Å². The second-order valence-electron chi connectivity index (χ2n) is 6.59. The van der Waals surface area contributed by atoms with E-state index in [-0.39, 0.29) is 0 Å². The van der Waals surface area contributed by atoms with Crippen molar-refractivity contribution in [1.29, 1.82) is 0 Å². The van der Waals surface area contributed by atoms with Crippen LogP contribution in [0.3, 0.4) is 0 Å². The van der Waals surface area contributed by atoms with Gasteiger partial charge < -0.3 is 4.74 Å². The first-order valence-electron chi connectivity index (χ1n) is 7.67. The molecule has 1 aromatic rings. The van der Waals surface area contributed by atoms with Gasteiger partial charge in [0, 0.05) is 17.9 Å². The van der Waals surface area contributed by atoms with Crippen molar-refractivity contribution in [2.75, 3.05) is 6.61 Å². The highest BCUT2D eigenvalue weighted by molar-refractivity contribution is 7.09. The van der Waals surface area contributed by atoms with Gasteiger partial charge in [-0.25, -0.2) is 0 Å². The van der Waals surface area contributed by atoms with Crippen molar-refractivity contribution >= 4 is 17.1 Å². The third-order valence-electron chi connectivity index (χ3n) is 4.52. The zero-order chi connectivity index (χ0) is 14.6. The van der Waals surface area contributed by atoms with Crippen molar-refractivity contribution in [3.05, 3.63) is 22.4 Å². The first-order chi connectivity index (χ1) is 9.47. The van der Waals surface area contributed by atoms with Gasteiger partial charge in [-0.1, -0.05) is 19.9 Å². The average Bonchev–Trinajstić information content (AvgIpc) is 2.92. The number of thiophene rings is 1. The van der Waals surface area contributed by atoms with Crippen LogP contribution in [0.2, 0.25) is 0 Å². The molecule has 0 aliphatic heterocycles. The maximum absolute atomic E-state index is 12.7.